The summed E-state index contributed by atoms with van der Waals surface area (Å²) >= 11 is 6.12. The highest BCUT2D eigenvalue weighted by Gasteiger charge is 2.37. The normalized spacial score (nSPS) is 14.7. The monoisotopic (exact) mass is 511 g/mol. The zero-order valence-corrected chi connectivity index (χ0v) is 19.7. The van der Waals surface area contributed by atoms with Crippen LogP contribution >= 0.6 is 11.6 Å². The molecule has 184 valence electrons. The maximum atomic E-state index is 13.1. The Labute approximate surface area is 209 Å². The average Bonchev–Trinajstić information content (AvgIpc) is 3.30. The molecule has 0 saturated carbocycles. The topological polar surface area (TPSA) is 141 Å². The number of carbonyl (C=O) groups excluding carboxylic acids is 3. The summed E-state index contributed by atoms with van der Waals surface area (Å²) in [6, 6.07) is 10.5. The highest BCUT2D eigenvalue weighted by atomic mass is 35.5. The van der Waals surface area contributed by atoms with E-state index in [9.17, 15) is 24.5 Å². The number of nitrogens with one attached hydrogen (secondary N) is 1. The molecular formula is C24H18ClN3O8. The summed E-state index contributed by atoms with van der Waals surface area (Å²) in [5.41, 5.74) is -0.332. The highest BCUT2D eigenvalue weighted by molar-refractivity contribution is 6.39. The average molecular weight is 512 g/mol. The van der Waals surface area contributed by atoms with Gasteiger partial charge < -0.3 is 13.9 Å². The maximum Gasteiger partial charge on any atom is 0.335 e. The van der Waals surface area contributed by atoms with Crippen molar-refractivity contribution in [3.8, 4) is 22.8 Å². The molecule has 2 heterocycles. The largest absolute Gasteiger partial charge is 0.495 e. The van der Waals surface area contributed by atoms with E-state index in [0.717, 1.165) is 11.0 Å². The fourth-order valence-electron chi connectivity index (χ4n) is 3.53. The van der Waals surface area contributed by atoms with E-state index in [1.54, 1.807) is 13.0 Å². The number of methoxy groups -OCH3 is 1. The molecule has 1 aromatic heterocycles. The molecule has 0 unspecified atom stereocenters. The van der Waals surface area contributed by atoms with Crippen molar-refractivity contribution in [3.63, 3.8) is 0 Å². The predicted molar refractivity (Wildman–Crippen MR) is 129 cm³/mol. The van der Waals surface area contributed by atoms with Crippen LogP contribution in [0.15, 0.2) is 58.5 Å². The van der Waals surface area contributed by atoms with Gasteiger partial charge in [-0.05, 0) is 55.5 Å². The second-order valence-corrected chi connectivity index (χ2v) is 7.75. The van der Waals surface area contributed by atoms with Crippen LogP contribution < -0.4 is 19.7 Å². The van der Waals surface area contributed by atoms with Crippen LogP contribution in [-0.4, -0.2) is 36.5 Å². The van der Waals surface area contributed by atoms with Gasteiger partial charge in [-0.25, -0.2) is 9.69 Å². The molecule has 1 aliphatic heterocycles. The number of amides is 4. The van der Waals surface area contributed by atoms with E-state index in [-0.39, 0.29) is 39.1 Å². The van der Waals surface area contributed by atoms with Gasteiger partial charge in [-0.1, -0.05) is 11.6 Å². The summed E-state index contributed by atoms with van der Waals surface area (Å²) in [6.45, 7) is 2.10. The molecule has 1 aliphatic rings. The lowest BCUT2D eigenvalue weighted by Gasteiger charge is -2.26. The van der Waals surface area contributed by atoms with Crippen molar-refractivity contribution in [2.45, 2.75) is 6.92 Å². The zero-order chi connectivity index (χ0) is 26.0. The van der Waals surface area contributed by atoms with Gasteiger partial charge in [0.15, 0.2) is 0 Å². The third kappa shape index (κ3) is 4.64. The SMILES string of the molecule is CCOc1ccc(-c2ccc(C=C3C(=O)NC(=O)N(c4ccc(OC)c(Cl)c4)C3=O)o2)c([N+](=O)[O-])c1. The number of urea groups is 1. The Morgan fingerprint density at radius 3 is 2.58 bits per heavy atom. The van der Waals surface area contributed by atoms with Gasteiger partial charge in [-0.3, -0.25) is 25.0 Å². The number of nitro groups is 1. The Hall–Kier alpha value is -4.64. The van der Waals surface area contributed by atoms with Crippen molar-refractivity contribution >= 4 is 46.9 Å². The van der Waals surface area contributed by atoms with Crippen molar-refractivity contribution in [1.29, 1.82) is 0 Å². The lowest BCUT2D eigenvalue weighted by atomic mass is 10.1. The number of anilines is 1. The lowest BCUT2D eigenvalue weighted by molar-refractivity contribution is -0.384. The molecule has 1 fully saturated rings. The molecule has 1 saturated heterocycles. The molecule has 4 amide bonds. The number of hydrogen-bond acceptors (Lipinski definition) is 8. The Morgan fingerprint density at radius 1 is 1.14 bits per heavy atom. The van der Waals surface area contributed by atoms with Crippen LogP contribution in [0.25, 0.3) is 17.4 Å². The number of rotatable bonds is 7. The molecular weight excluding hydrogens is 494 g/mol. The minimum atomic E-state index is -0.950. The summed E-state index contributed by atoms with van der Waals surface area (Å²) < 4.78 is 16.1. The second kappa shape index (κ2) is 9.92. The number of hydrogen-bond donors (Lipinski definition) is 1. The van der Waals surface area contributed by atoms with Gasteiger partial charge in [0.25, 0.3) is 17.5 Å². The Morgan fingerprint density at radius 2 is 1.92 bits per heavy atom. The first-order valence-electron chi connectivity index (χ1n) is 10.5. The van der Waals surface area contributed by atoms with Gasteiger partial charge in [0, 0.05) is 0 Å². The first-order valence-corrected chi connectivity index (χ1v) is 10.9. The van der Waals surface area contributed by atoms with Gasteiger partial charge in [0.1, 0.15) is 28.6 Å². The van der Waals surface area contributed by atoms with Gasteiger partial charge in [0.2, 0.25) is 0 Å². The van der Waals surface area contributed by atoms with Crippen LogP contribution in [-0.2, 0) is 9.59 Å². The molecule has 0 spiro atoms. The van der Waals surface area contributed by atoms with Gasteiger partial charge in [-0.2, -0.15) is 0 Å². The lowest BCUT2D eigenvalue weighted by Crippen LogP contribution is -2.54. The summed E-state index contributed by atoms with van der Waals surface area (Å²) in [5, 5.41) is 13.8. The van der Waals surface area contributed by atoms with E-state index in [2.05, 4.69) is 5.32 Å². The Kier molecular flexibility index (Phi) is 6.75. The number of halogens is 1. The first kappa shape index (κ1) is 24.5. The molecule has 0 aliphatic carbocycles. The Bertz CT molecular complexity index is 1430. The van der Waals surface area contributed by atoms with Gasteiger partial charge in [-0.15, -0.1) is 0 Å². The molecule has 0 atom stereocenters. The van der Waals surface area contributed by atoms with Gasteiger partial charge >= 0.3 is 6.03 Å². The summed E-state index contributed by atoms with van der Waals surface area (Å²) in [5.74, 6) is -0.969. The molecule has 11 nitrogen and oxygen atoms in total. The van der Waals surface area contributed by atoms with Crippen molar-refractivity contribution < 1.29 is 33.2 Å². The zero-order valence-electron chi connectivity index (χ0n) is 18.9. The molecule has 0 radical (unpaired) electrons. The van der Waals surface area contributed by atoms with E-state index < -0.39 is 22.8 Å². The van der Waals surface area contributed by atoms with E-state index in [1.165, 1.54) is 49.6 Å². The number of imide groups is 2. The summed E-state index contributed by atoms with van der Waals surface area (Å²) in [7, 11) is 1.42. The Balaban J connectivity index is 1.68. The fraction of sp³-hybridized carbons (Fsp3) is 0.125. The first-order chi connectivity index (χ1) is 17.2. The van der Waals surface area contributed by atoms with Crippen molar-refractivity contribution in [2.24, 2.45) is 0 Å². The maximum absolute atomic E-state index is 13.1. The third-order valence-electron chi connectivity index (χ3n) is 5.15. The van der Waals surface area contributed by atoms with Crippen LogP contribution in [0.1, 0.15) is 12.7 Å². The summed E-state index contributed by atoms with van der Waals surface area (Å²) in [6.07, 6.45) is 1.14. The number of nitrogens with zero attached hydrogens (tertiary/aromatic N) is 2. The molecule has 0 bridgehead atoms. The third-order valence-corrected chi connectivity index (χ3v) is 5.45. The predicted octanol–water partition coefficient (Wildman–Crippen LogP) is 4.58. The molecule has 1 N–H and O–H groups in total. The number of barbiturate groups is 1. The second-order valence-electron chi connectivity index (χ2n) is 7.35. The number of furan rings is 1. The van der Waals surface area contributed by atoms with Crippen LogP contribution in [0.4, 0.5) is 16.2 Å². The molecule has 12 heteroatoms. The van der Waals surface area contributed by atoms with Crippen LogP contribution in [0.2, 0.25) is 5.02 Å². The fourth-order valence-corrected chi connectivity index (χ4v) is 3.78. The van der Waals surface area contributed by atoms with E-state index in [1.807, 2.05) is 0 Å². The van der Waals surface area contributed by atoms with E-state index in [0.29, 0.717) is 18.1 Å². The minimum absolute atomic E-state index is 0.0637. The molecule has 3 aromatic rings. The summed E-state index contributed by atoms with van der Waals surface area (Å²) in [4.78, 5) is 49.7. The van der Waals surface area contributed by atoms with Crippen LogP contribution in [0.3, 0.4) is 0 Å². The van der Waals surface area contributed by atoms with Crippen molar-refractivity contribution in [2.75, 3.05) is 18.6 Å². The van der Waals surface area contributed by atoms with Crippen LogP contribution in [0.5, 0.6) is 11.5 Å². The van der Waals surface area contributed by atoms with Crippen LogP contribution in [0, 0.1) is 10.1 Å². The van der Waals surface area contributed by atoms with E-state index >= 15 is 0 Å². The number of ether oxygens (including phenoxy) is 2. The number of carbonyl (C=O) groups is 3. The smallest absolute Gasteiger partial charge is 0.335 e. The molecule has 2 aromatic carbocycles. The highest BCUT2D eigenvalue weighted by Crippen LogP contribution is 2.35. The minimum Gasteiger partial charge on any atom is -0.495 e. The van der Waals surface area contributed by atoms with E-state index in [4.69, 9.17) is 25.5 Å². The van der Waals surface area contributed by atoms with Crippen molar-refractivity contribution in [3.05, 3.63) is 75.0 Å². The van der Waals surface area contributed by atoms with Gasteiger partial charge in [0.05, 0.1) is 41.0 Å². The van der Waals surface area contributed by atoms with Crippen molar-refractivity contribution in [1.82, 2.24) is 5.32 Å². The number of nitro benzene ring substituents is 1. The molecule has 36 heavy (non-hydrogen) atoms. The molecule has 4 rings (SSSR count). The standard InChI is InChI=1S/C24H18ClN3O8/c1-3-35-14-5-7-16(19(12-14)28(32)33)20-9-6-15(36-20)11-17-22(29)26-24(31)27(23(17)30)13-4-8-21(34-2)18(25)10-13/h4-12H,3H2,1-2H3,(H,26,29,31). The quantitative estimate of drug-likeness (QED) is 0.210. The number of benzene rings is 2.